The second-order valence-electron chi connectivity index (χ2n) is 7.55. The van der Waals surface area contributed by atoms with Crippen molar-refractivity contribution >= 4 is 15.7 Å². The smallest absolute Gasteiger partial charge is 0.261 e. The largest absolute Gasteiger partial charge is 0.484 e. The van der Waals surface area contributed by atoms with Crippen LogP contribution in [0.25, 0.3) is 0 Å². The number of benzene rings is 1. The van der Waals surface area contributed by atoms with Gasteiger partial charge in [-0.15, -0.1) is 0 Å². The molecule has 138 valence electrons. The van der Waals surface area contributed by atoms with E-state index in [-0.39, 0.29) is 36.1 Å². The number of hydrogen-bond donors (Lipinski definition) is 0. The predicted molar refractivity (Wildman–Crippen MR) is 97.7 cm³/mol. The third-order valence-electron chi connectivity index (χ3n) is 5.06. The minimum absolute atomic E-state index is 0.0342. The van der Waals surface area contributed by atoms with Gasteiger partial charge in [0, 0.05) is 12.1 Å². The Morgan fingerprint density at radius 2 is 1.96 bits per heavy atom. The Morgan fingerprint density at radius 1 is 1.24 bits per heavy atom. The van der Waals surface area contributed by atoms with E-state index in [0.717, 1.165) is 18.4 Å². The molecule has 1 aliphatic carbocycles. The lowest BCUT2D eigenvalue weighted by molar-refractivity contribution is -0.135. The fourth-order valence-corrected chi connectivity index (χ4v) is 5.37. The van der Waals surface area contributed by atoms with E-state index in [1.54, 1.807) is 4.90 Å². The molecule has 1 aliphatic heterocycles. The second-order valence-corrected chi connectivity index (χ2v) is 9.78. The first-order chi connectivity index (χ1) is 11.8. The van der Waals surface area contributed by atoms with Crippen LogP contribution in [0.15, 0.2) is 18.2 Å². The fourth-order valence-electron chi connectivity index (χ4n) is 3.66. The van der Waals surface area contributed by atoms with Crippen LogP contribution in [-0.2, 0) is 14.6 Å². The highest BCUT2D eigenvalue weighted by Gasteiger charge is 2.42. The van der Waals surface area contributed by atoms with Crippen molar-refractivity contribution in [3.8, 4) is 5.75 Å². The molecule has 1 atom stereocenters. The van der Waals surface area contributed by atoms with Gasteiger partial charge in [-0.05, 0) is 55.4 Å². The predicted octanol–water partition coefficient (Wildman–Crippen LogP) is 2.68. The first-order valence-electron chi connectivity index (χ1n) is 9.02. The number of aryl methyl sites for hydroxylation is 1. The fraction of sp³-hybridized carbons (Fsp3) is 0.632. The molecule has 0 aromatic heterocycles. The van der Waals surface area contributed by atoms with Gasteiger partial charge in [0.25, 0.3) is 5.91 Å². The van der Waals surface area contributed by atoms with E-state index in [4.69, 9.17) is 4.74 Å². The Balaban J connectivity index is 1.63. The minimum atomic E-state index is -3.00. The molecular formula is C19H27NO4S. The lowest BCUT2D eigenvalue weighted by atomic mass is 9.98. The van der Waals surface area contributed by atoms with Gasteiger partial charge < -0.3 is 9.64 Å². The number of amides is 1. The molecular weight excluding hydrogens is 338 g/mol. The summed E-state index contributed by atoms with van der Waals surface area (Å²) in [5.41, 5.74) is 2.43. The van der Waals surface area contributed by atoms with Gasteiger partial charge in [-0.3, -0.25) is 4.79 Å². The maximum atomic E-state index is 12.7. The SMILES string of the molecule is Cc1cc(OCC(=O)N(C2CC2)C2CCS(=O)(=O)C2)ccc1C(C)C. The summed E-state index contributed by atoms with van der Waals surface area (Å²) in [6.45, 7) is 6.31. The average molecular weight is 365 g/mol. The van der Waals surface area contributed by atoms with Gasteiger partial charge >= 0.3 is 0 Å². The van der Waals surface area contributed by atoms with E-state index >= 15 is 0 Å². The minimum Gasteiger partial charge on any atom is -0.484 e. The molecule has 1 aromatic carbocycles. The van der Waals surface area contributed by atoms with Crippen LogP contribution in [0.5, 0.6) is 5.75 Å². The summed E-state index contributed by atoms with van der Waals surface area (Å²) in [5, 5.41) is 0. The van der Waals surface area contributed by atoms with Crippen LogP contribution < -0.4 is 4.74 Å². The first kappa shape index (κ1) is 18.2. The van der Waals surface area contributed by atoms with Crippen molar-refractivity contribution in [1.29, 1.82) is 0 Å². The maximum Gasteiger partial charge on any atom is 0.261 e. The highest BCUT2D eigenvalue weighted by Crippen LogP contribution is 2.32. The molecule has 1 aromatic rings. The molecule has 2 fully saturated rings. The van der Waals surface area contributed by atoms with Crippen LogP contribution in [0.4, 0.5) is 0 Å². The Hall–Kier alpha value is -1.56. The molecule has 25 heavy (non-hydrogen) atoms. The summed E-state index contributed by atoms with van der Waals surface area (Å²) in [5.74, 6) is 1.31. The van der Waals surface area contributed by atoms with Crippen molar-refractivity contribution in [2.75, 3.05) is 18.1 Å². The number of nitrogens with zero attached hydrogens (tertiary/aromatic N) is 1. The molecule has 1 unspecified atom stereocenters. The molecule has 0 spiro atoms. The normalized spacial score (nSPS) is 22.2. The zero-order valence-electron chi connectivity index (χ0n) is 15.2. The van der Waals surface area contributed by atoms with Crippen LogP contribution >= 0.6 is 0 Å². The van der Waals surface area contributed by atoms with Gasteiger partial charge in [-0.2, -0.15) is 0 Å². The molecule has 1 saturated heterocycles. The van der Waals surface area contributed by atoms with E-state index in [9.17, 15) is 13.2 Å². The summed E-state index contributed by atoms with van der Waals surface area (Å²) in [7, 11) is -3.00. The van der Waals surface area contributed by atoms with E-state index in [1.807, 2.05) is 25.1 Å². The second kappa shape index (κ2) is 6.98. The molecule has 3 rings (SSSR count). The van der Waals surface area contributed by atoms with Crippen molar-refractivity contribution in [3.05, 3.63) is 29.3 Å². The van der Waals surface area contributed by atoms with Gasteiger partial charge in [-0.25, -0.2) is 8.42 Å². The first-order valence-corrected chi connectivity index (χ1v) is 10.8. The number of hydrogen-bond acceptors (Lipinski definition) is 4. The lowest BCUT2D eigenvalue weighted by Gasteiger charge is -2.28. The van der Waals surface area contributed by atoms with Crippen molar-refractivity contribution in [2.24, 2.45) is 0 Å². The number of ether oxygens (including phenoxy) is 1. The number of rotatable bonds is 6. The van der Waals surface area contributed by atoms with Gasteiger partial charge in [0.15, 0.2) is 16.4 Å². The van der Waals surface area contributed by atoms with Crippen molar-refractivity contribution in [2.45, 2.75) is 58.0 Å². The van der Waals surface area contributed by atoms with E-state index in [1.165, 1.54) is 5.56 Å². The topological polar surface area (TPSA) is 63.7 Å². The zero-order valence-corrected chi connectivity index (χ0v) is 16.0. The quantitative estimate of drug-likeness (QED) is 0.777. The molecule has 0 radical (unpaired) electrons. The highest BCUT2D eigenvalue weighted by atomic mass is 32.2. The zero-order chi connectivity index (χ0) is 18.2. The summed E-state index contributed by atoms with van der Waals surface area (Å²) in [6, 6.07) is 5.92. The molecule has 0 N–H and O–H groups in total. The molecule has 1 heterocycles. The average Bonchev–Trinajstić information content (AvgIpc) is 3.29. The summed E-state index contributed by atoms with van der Waals surface area (Å²) >= 11 is 0. The van der Waals surface area contributed by atoms with Crippen LogP contribution in [0, 0.1) is 6.92 Å². The van der Waals surface area contributed by atoms with Crippen molar-refractivity contribution < 1.29 is 17.9 Å². The van der Waals surface area contributed by atoms with Gasteiger partial charge in [-0.1, -0.05) is 19.9 Å². The summed E-state index contributed by atoms with van der Waals surface area (Å²) < 4.78 is 29.2. The van der Waals surface area contributed by atoms with Crippen LogP contribution in [-0.4, -0.2) is 49.4 Å². The Bertz CT molecular complexity index is 753. The van der Waals surface area contributed by atoms with E-state index < -0.39 is 9.84 Å². The van der Waals surface area contributed by atoms with Crippen molar-refractivity contribution in [1.82, 2.24) is 4.90 Å². The van der Waals surface area contributed by atoms with Gasteiger partial charge in [0.05, 0.1) is 11.5 Å². The van der Waals surface area contributed by atoms with E-state index in [0.29, 0.717) is 18.1 Å². The summed E-state index contributed by atoms with van der Waals surface area (Å²) in [6.07, 6.45) is 2.47. The standard InChI is InChI=1S/C19H27NO4S/c1-13(2)18-7-6-17(10-14(18)3)24-11-19(21)20(15-4-5-15)16-8-9-25(22,23)12-16/h6-7,10,13,15-16H,4-5,8-9,11-12H2,1-3H3. The van der Waals surface area contributed by atoms with Gasteiger partial charge in [0.2, 0.25) is 0 Å². The monoisotopic (exact) mass is 365 g/mol. The highest BCUT2D eigenvalue weighted by molar-refractivity contribution is 7.91. The molecule has 2 aliphatic rings. The number of carbonyl (C=O) groups is 1. The molecule has 5 nitrogen and oxygen atoms in total. The molecule has 0 bridgehead atoms. The molecule has 1 amide bonds. The number of carbonyl (C=O) groups excluding carboxylic acids is 1. The summed E-state index contributed by atoms with van der Waals surface area (Å²) in [4.78, 5) is 14.4. The Morgan fingerprint density at radius 3 is 2.48 bits per heavy atom. The molecule has 6 heteroatoms. The molecule has 1 saturated carbocycles. The van der Waals surface area contributed by atoms with Crippen LogP contribution in [0.1, 0.15) is 50.2 Å². The number of sulfone groups is 1. The third-order valence-corrected chi connectivity index (χ3v) is 6.81. The van der Waals surface area contributed by atoms with Crippen LogP contribution in [0.3, 0.4) is 0 Å². The Kier molecular flexibility index (Phi) is 5.09. The third kappa shape index (κ3) is 4.35. The Labute approximate surface area is 150 Å². The van der Waals surface area contributed by atoms with Crippen LogP contribution in [0.2, 0.25) is 0 Å². The van der Waals surface area contributed by atoms with Crippen molar-refractivity contribution in [3.63, 3.8) is 0 Å². The van der Waals surface area contributed by atoms with E-state index in [2.05, 4.69) is 13.8 Å². The lowest BCUT2D eigenvalue weighted by Crippen LogP contribution is -2.45. The maximum absolute atomic E-state index is 12.7. The van der Waals surface area contributed by atoms with Gasteiger partial charge in [0.1, 0.15) is 5.75 Å².